The maximum Gasteiger partial charge on any atom is 0.241 e. The van der Waals surface area contributed by atoms with Gasteiger partial charge < -0.3 is 10.2 Å². The Morgan fingerprint density at radius 2 is 1.96 bits per heavy atom. The first-order valence-corrected chi connectivity index (χ1v) is 8.46. The lowest BCUT2D eigenvalue weighted by atomic mass is 10.2. The van der Waals surface area contributed by atoms with Gasteiger partial charge in [0.2, 0.25) is 5.91 Å². The minimum absolute atomic E-state index is 0.0701. The first kappa shape index (κ1) is 15.9. The van der Waals surface area contributed by atoms with Crippen molar-refractivity contribution >= 4 is 28.1 Å². The molecular weight excluding hydrogens is 315 g/mol. The maximum absolute atomic E-state index is 12.9. The highest BCUT2D eigenvalue weighted by Crippen LogP contribution is 2.20. The lowest BCUT2D eigenvalue weighted by Gasteiger charge is -2.37. The summed E-state index contributed by atoms with van der Waals surface area (Å²) in [5, 5.41) is 5.84. The second-order valence-electron chi connectivity index (χ2n) is 5.51. The molecule has 0 bridgehead atoms. The number of nitrogens with zero attached hydrogens (tertiary/aromatic N) is 3. The highest BCUT2D eigenvalue weighted by Gasteiger charge is 2.26. The van der Waals surface area contributed by atoms with E-state index in [1.807, 2.05) is 18.5 Å². The average Bonchev–Trinajstić information content (AvgIpc) is 3.11. The van der Waals surface area contributed by atoms with Gasteiger partial charge in [-0.1, -0.05) is 0 Å². The Balaban J connectivity index is 1.53. The van der Waals surface area contributed by atoms with Crippen LogP contribution in [0.1, 0.15) is 6.92 Å². The van der Waals surface area contributed by atoms with Gasteiger partial charge >= 0.3 is 0 Å². The standard InChI is InChI=1S/C16H19FN4OS/c1-12(15(22)19-14-4-2-13(17)3-5-14)20-7-9-21(10-8-20)16-18-6-11-23-16/h2-6,11-12H,7-10H2,1H3,(H,19,22)/t12-/m0/s1. The third-order valence-corrected chi connectivity index (χ3v) is 4.88. The molecule has 1 saturated heterocycles. The highest BCUT2D eigenvalue weighted by molar-refractivity contribution is 7.13. The Kier molecular flexibility index (Phi) is 4.88. The Bertz CT molecular complexity index is 639. The number of piperazine rings is 1. The van der Waals surface area contributed by atoms with E-state index in [4.69, 9.17) is 0 Å². The van der Waals surface area contributed by atoms with Crippen LogP contribution in [-0.4, -0.2) is 48.0 Å². The minimum Gasteiger partial charge on any atom is -0.346 e. The number of benzene rings is 1. The summed E-state index contributed by atoms with van der Waals surface area (Å²) in [4.78, 5) is 21.1. The largest absolute Gasteiger partial charge is 0.346 e. The third-order valence-electron chi connectivity index (χ3n) is 4.04. The van der Waals surface area contributed by atoms with E-state index in [-0.39, 0.29) is 17.8 Å². The molecule has 1 aliphatic heterocycles. The zero-order valence-corrected chi connectivity index (χ0v) is 13.7. The summed E-state index contributed by atoms with van der Waals surface area (Å²) >= 11 is 1.63. The highest BCUT2D eigenvalue weighted by atomic mass is 32.1. The fraction of sp³-hybridized carbons (Fsp3) is 0.375. The molecule has 1 atom stereocenters. The Morgan fingerprint density at radius 3 is 2.57 bits per heavy atom. The van der Waals surface area contributed by atoms with Crippen LogP contribution in [0.15, 0.2) is 35.8 Å². The summed E-state index contributed by atoms with van der Waals surface area (Å²) in [5.41, 5.74) is 0.615. The Labute approximate surface area is 138 Å². The predicted octanol–water partition coefficient (Wildman–Crippen LogP) is 2.43. The van der Waals surface area contributed by atoms with Crippen LogP contribution in [0.4, 0.5) is 15.2 Å². The van der Waals surface area contributed by atoms with Crippen molar-refractivity contribution in [2.75, 3.05) is 36.4 Å². The van der Waals surface area contributed by atoms with Crippen LogP contribution in [0, 0.1) is 5.82 Å². The molecule has 1 aromatic heterocycles. The molecule has 2 heterocycles. The molecule has 0 unspecified atom stereocenters. The molecular formula is C16H19FN4OS. The molecule has 0 spiro atoms. The van der Waals surface area contributed by atoms with Gasteiger partial charge in [0.05, 0.1) is 6.04 Å². The molecule has 0 aliphatic carbocycles. The summed E-state index contributed by atoms with van der Waals surface area (Å²) in [7, 11) is 0. The van der Waals surface area contributed by atoms with Crippen molar-refractivity contribution in [2.24, 2.45) is 0 Å². The number of carbonyl (C=O) groups is 1. The van der Waals surface area contributed by atoms with Crippen molar-refractivity contribution < 1.29 is 9.18 Å². The Hall–Kier alpha value is -1.99. The number of amides is 1. The van der Waals surface area contributed by atoms with Crippen molar-refractivity contribution in [3.8, 4) is 0 Å². The van der Waals surface area contributed by atoms with Crippen molar-refractivity contribution in [2.45, 2.75) is 13.0 Å². The van der Waals surface area contributed by atoms with Crippen LogP contribution in [0.3, 0.4) is 0 Å². The summed E-state index contributed by atoms with van der Waals surface area (Å²) in [6, 6.07) is 5.60. The lowest BCUT2D eigenvalue weighted by molar-refractivity contribution is -0.120. The van der Waals surface area contributed by atoms with Crippen molar-refractivity contribution in [1.82, 2.24) is 9.88 Å². The SMILES string of the molecule is C[C@@H](C(=O)Nc1ccc(F)cc1)N1CCN(c2nccs2)CC1. The van der Waals surface area contributed by atoms with Gasteiger partial charge in [-0.05, 0) is 31.2 Å². The van der Waals surface area contributed by atoms with Gasteiger partial charge in [0, 0.05) is 43.4 Å². The van der Waals surface area contributed by atoms with Crippen molar-refractivity contribution in [3.63, 3.8) is 0 Å². The number of hydrogen-bond donors (Lipinski definition) is 1. The number of anilines is 2. The summed E-state index contributed by atoms with van der Waals surface area (Å²) in [6.45, 7) is 5.26. The van der Waals surface area contributed by atoms with E-state index in [0.29, 0.717) is 5.69 Å². The van der Waals surface area contributed by atoms with E-state index in [1.54, 1.807) is 23.5 Å². The topological polar surface area (TPSA) is 48.5 Å². The fourth-order valence-electron chi connectivity index (χ4n) is 2.62. The van der Waals surface area contributed by atoms with Gasteiger partial charge in [-0.2, -0.15) is 0 Å². The summed E-state index contributed by atoms with van der Waals surface area (Å²) < 4.78 is 12.9. The minimum atomic E-state index is -0.311. The van der Waals surface area contributed by atoms with Gasteiger partial charge in [0.25, 0.3) is 0 Å². The molecule has 7 heteroatoms. The van der Waals surface area contributed by atoms with E-state index < -0.39 is 0 Å². The zero-order valence-electron chi connectivity index (χ0n) is 12.9. The van der Waals surface area contributed by atoms with Gasteiger partial charge in [-0.25, -0.2) is 9.37 Å². The van der Waals surface area contributed by atoms with Crippen LogP contribution in [-0.2, 0) is 4.79 Å². The van der Waals surface area contributed by atoms with E-state index in [2.05, 4.69) is 20.1 Å². The van der Waals surface area contributed by atoms with E-state index in [0.717, 1.165) is 31.3 Å². The first-order chi connectivity index (χ1) is 11.1. The van der Waals surface area contributed by atoms with Crippen LogP contribution in [0.25, 0.3) is 0 Å². The summed E-state index contributed by atoms with van der Waals surface area (Å²) in [5.74, 6) is -0.381. The molecule has 122 valence electrons. The number of thiazole rings is 1. The smallest absolute Gasteiger partial charge is 0.241 e. The zero-order chi connectivity index (χ0) is 16.2. The first-order valence-electron chi connectivity index (χ1n) is 7.58. The third kappa shape index (κ3) is 3.86. The predicted molar refractivity (Wildman–Crippen MR) is 90.4 cm³/mol. The van der Waals surface area contributed by atoms with Gasteiger partial charge in [0.15, 0.2) is 5.13 Å². The number of carbonyl (C=O) groups excluding carboxylic acids is 1. The van der Waals surface area contributed by atoms with Gasteiger partial charge in [0.1, 0.15) is 5.82 Å². The van der Waals surface area contributed by atoms with E-state index >= 15 is 0 Å². The summed E-state index contributed by atoms with van der Waals surface area (Å²) in [6.07, 6.45) is 1.81. The monoisotopic (exact) mass is 334 g/mol. The van der Waals surface area contributed by atoms with Crippen LogP contribution in [0.2, 0.25) is 0 Å². The van der Waals surface area contributed by atoms with Crippen molar-refractivity contribution in [1.29, 1.82) is 0 Å². The van der Waals surface area contributed by atoms with Crippen molar-refractivity contribution in [3.05, 3.63) is 41.7 Å². The number of nitrogens with one attached hydrogen (secondary N) is 1. The average molecular weight is 334 g/mol. The van der Waals surface area contributed by atoms with Gasteiger partial charge in [-0.15, -0.1) is 11.3 Å². The number of halogens is 1. The molecule has 1 N–H and O–H groups in total. The normalized spacial score (nSPS) is 17.0. The van der Waals surface area contributed by atoms with Gasteiger partial charge in [-0.3, -0.25) is 9.69 Å². The lowest BCUT2D eigenvalue weighted by Crippen LogP contribution is -2.52. The molecule has 1 amide bonds. The molecule has 0 radical (unpaired) electrons. The second-order valence-corrected chi connectivity index (χ2v) is 6.38. The quantitative estimate of drug-likeness (QED) is 0.933. The fourth-order valence-corrected chi connectivity index (χ4v) is 3.32. The molecule has 5 nitrogen and oxygen atoms in total. The molecule has 1 aromatic carbocycles. The van der Waals surface area contributed by atoms with Crippen LogP contribution >= 0.6 is 11.3 Å². The molecule has 1 fully saturated rings. The maximum atomic E-state index is 12.9. The van der Waals surface area contributed by atoms with E-state index in [9.17, 15) is 9.18 Å². The number of aromatic nitrogens is 1. The number of rotatable bonds is 4. The second kappa shape index (κ2) is 7.06. The molecule has 1 aliphatic rings. The van der Waals surface area contributed by atoms with Crippen LogP contribution < -0.4 is 10.2 Å². The molecule has 2 aromatic rings. The molecule has 23 heavy (non-hydrogen) atoms. The van der Waals surface area contributed by atoms with Crippen LogP contribution in [0.5, 0.6) is 0 Å². The van der Waals surface area contributed by atoms with E-state index in [1.165, 1.54) is 12.1 Å². The molecule has 3 rings (SSSR count). The molecule has 0 saturated carbocycles. The number of hydrogen-bond acceptors (Lipinski definition) is 5. The Morgan fingerprint density at radius 1 is 1.26 bits per heavy atom.